The van der Waals surface area contributed by atoms with E-state index in [9.17, 15) is 9.18 Å². The Kier molecular flexibility index (Phi) is 8.46. The maximum Gasteiger partial charge on any atom is 0.270 e. The number of anilines is 1. The molecule has 1 aliphatic rings. The standard InChI is InChI=1S/C28H23ClFNO3S2/c1-3-8-20-13-19(14-24(33-4-2)26(20)34-17-18-9-6-5-7-10-18)15-25-27(32)31(28(35)36-25)21-11-12-23(30)22(29)16-21/h3,5-7,9-16H,1,4,8,17H2,2H3. The van der Waals surface area contributed by atoms with E-state index in [4.69, 9.17) is 33.3 Å². The molecule has 0 atom stereocenters. The number of rotatable bonds is 9. The molecule has 0 aromatic heterocycles. The summed E-state index contributed by atoms with van der Waals surface area (Å²) in [6.07, 6.45) is 4.11. The third-order valence-electron chi connectivity index (χ3n) is 5.30. The van der Waals surface area contributed by atoms with Crippen molar-refractivity contribution < 1.29 is 18.7 Å². The lowest BCUT2D eigenvalue weighted by Crippen LogP contribution is -2.27. The molecule has 1 fully saturated rings. The van der Waals surface area contributed by atoms with Crippen molar-refractivity contribution in [1.82, 2.24) is 0 Å². The molecule has 0 spiro atoms. The highest BCUT2D eigenvalue weighted by Crippen LogP contribution is 2.39. The second kappa shape index (κ2) is 11.7. The maximum atomic E-state index is 13.6. The molecule has 4 nitrogen and oxygen atoms in total. The average molecular weight is 540 g/mol. The first-order chi connectivity index (χ1) is 17.4. The average Bonchev–Trinajstić information content (AvgIpc) is 3.14. The van der Waals surface area contributed by atoms with Crippen LogP contribution >= 0.6 is 35.6 Å². The Morgan fingerprint density at radius 3 is 2.61 bits per heavy atom. The smallest absolute Gasteiger partial charge is 0.270 e. The number of benzene rings is 3. The summed E-state index contributed by atoms with van der Waals surface area (Å²) in [5, 5.41) is -0.0768. The monoisotopic (exact) mass is 539 g/mol. The van der Waals surface area contributed by atoms with Gasteiger partial charge in [0.05, 0.1) is 22.2 Å². The van der Waals surface area contributed by atoms with Crippen LogP contribution in [0.25, 0.3) is 6.08 Å². The molecule has 0 aliphatic carbocycles. The normalized spacial score (nSPS) is 14.4. The van der Waals surface area contributed by atoms with Gasteiger partial charge in [0.2, 0.25) is 0 Å². The van der Waals surface area contributed by atoms with Crippen molar-refractivity contribution in [2.75, 3.05) is 11.5 Å². The molecule has 4 rings (SSSR count). The van der Waals surface area contributed by atoms with Crippen molar-refractivity contribution in [2.24, 2.45) is 0 Å². The van der Waals surface area contributed by atoms with E-state index in [2.05, 4.69) is 6.58 Å². The van der Waals surface area contributed by atoms with E-state index in [0.29, 0.717) is 46.0 Å². The number of carbonyl (C=O) groups is 1. The Labute approximate surface area is 224 Å². The lowest BCUT2D eigenvalue weighted by atomic mass is 10.0. The Morgan fingerprint density at radius 2 is 1.92 bits per heavy atom. The highest BCUT2D eigenvalue weighted by atomic mass is 35.5. The Bertz CT molecular complexity index is 1340. The number of ether oxygens (including phenoxy) is 2. The number of carbonyl (C=O) groups excluding carboxylic acids is 1. The Morgan fingerprint density at radius 1 is 1.14 bits per heavy atom. The molecule has 0 saturated carbocycles. The van der Waals surface area contributed by atoms with E-state index in [1.165, 1.54) is 34.9 Å². The minimum Gasteiger partial charge on any atom is -0.490 e. The van der Waals surface area contributed by atoms with Gasteiger partial charge in [-0.2, -0.15) is 0 Å². The van der Waals surface area contributed by atoms with Crippen LogP contribution in [0.15, 0.2) is 78.2 Å². The van der Waals surface area contributed by atoms with Crippen molar-refractivity contribution in [3.63, 3.8) is 0 Å². The fourth-order valence-electron chi connectivity index (χ4n) is 3.70. The van der Waals surface area contributed by atoms with Crippen LogP contribution in [0.5, 0.6) is 11.5 Å². The van der Waals surface area contributed by atoms with Crippen LogP contribution in [0.4, 0.5) is 10.1 Å². The first kappa shape index (κ1) is 25.9. The van der Waals surface area contributed by atoms with E-state index in [1.54, 1.807) is 12.2 Å². The first-order valence-corrected chi connectivity index (χ1v) is 12.8. The van der Waals surface area contributed by atoms with Gasteiger partial charge >= 0.3 is 0 Å². The van der Waals surface area contributed by atoms with Crippen LogP contribution < -0.4 is 14.4 Å². The van der Waals surface area contributed by atoms with Crippen molar-refractivity contribution in [2.45, 2.75) is 20.0 Å². The van der Waals surface area contributed by atoms with Gasteiger partial charge in [0, 0.05) is 5.56 Å². The lowest BCUT2D eigenvalue weighted by Gasteiger charge is -2.17. The number of hydrogen-bond donors (Lipinski definition) is 0. The summed E-state index contributed by atoms with van der Waals surface area (Å²) in [6, 6.07) is 17.8. The highest BCUT2D eigenvalue weighted by molar-refractivity contribution is 8.27. The number of thiocarbonyl (C=S) groups is 1. The molecule has 3 aromatic rings. The second-order valence-corrected chi connectivity index (χ2v) is 9.91. The van der Waals surface area contributed by atoms with Crippen LogP contribution in [0.1, 0.15) is 23.6 Å². The Hall–Kier alpha value is -3.13. The van der Waals surface area contributed by atoms with E-state index in [-0.39, 0.29) is 10.9 Å². The number of halogens is 2. The molecule has 3 aromatic carbocycles. The van der Waals surface area contributed by atoms with E-state index >= 15 is 0 Å². The zero-order valence-corrected chi connectivity index (χ0v) is 21.9. The van der Waals surface area contributed by atoms with Crippen LogP contribution in [0.2, 0.25) is 5.02 Å². The molecule has 0 N–H and O–H groups in total. The van der Waals surface area contributed by atoms with Crippen molar-refractivity contribution in [1.29, 1.82) is 0 Å². The van der Waals surface area contributed by atoms with Gasteiger partial charge in [0.15, 0.2) is 15.8 Å². The topological polar surface area (TPSA) is 38.8 Å². The number of thioether (sulfide) groups is 1. The third kappa shape index (κ3) is 5.81. The molecular formula is C28H23ClFNO3S2. The fourth-order valence-corrected chi connectivity index (χ4v) is 5.17. The number of amides is 1. The molecule has 1 saturated heterocycles. The summed E-state index contributed by atoms with van der Waals surface area (Å²) in [4.78, 5) is 15.0. The molecule has 8 heteroatoms. The van der Waals surface area contributed by atoms with Gasteiger partial charge in [0.25, 0.3) is 5.91 Å². The van der Waals surface area contributed by atoms with Gasteiger partial charge in [-0.15, -0.1) is 6.58 Å². The number of allylic oxidation sites excluding steroid dienone is 1. The molecular weight excluding hydrogens is 517 g/mol. The van der Waals surface area contributed by atoms with Crippen LogP contribution in [0.3, 0.4) is 0 Å². The van der Waals surface area contributed by atoms with Gasteiger partial charge in [0.1, 0.15) is 12.4 Å². The molecule has 0 unspecified atom stereocenters. The molecule has 184 valence electrons. The van der Waals surface area contributed by atoms with Crippen LogP contribution in [-0.4, -0.2) is 16.8 Å². The molecule has 1 heterocycles. The lowest BCUT2D eigenvalue weighted by molar-refractivity contribution is -0.113. The zero-order valence-electron chi connectivity index (χ0n) is 19.5. The van der Waals surface area contributed by atoms with Crippen molar-refractivity contribution in [3.8, 4) is 11.5 Å². The minimum absolute atomic E-state index is 0.0768. The minimum atomic E-state index is -0.561. The fraction of sp³-hybridized carbons (Fsp3) is 0.143. The summed E-state index contributed by atoms with van der Waals surface area (Å²) in [5.74, 6) is 0.362. The second-order valence-electron chi connectivity index (χ2n) is 7.82. The van der Waals surface area contributed by atoms with Gasteiger partial charge in [-0.05, 0) is 60.9 Å². The van der Waals surface area contributed by atoms with E-state index in [1.807, 2.05) is 49.4 Å². The highest BCUT2D eigenvalue weighted by Gasteiger charge is 2.33. The molecule has 36 heavy (non-hydrogen) atoms. The van der Waals surface area contributed by atoms with Crippen LogP contribution in [-0.2, 0) is 17.8 Å². The van der Waals surface area contributed by atoms with Gasteiger partial charge < -0.3 is 9.47 Å². The summed E-state index contributed by atoms with van der Waals surface area (Å²) in [7, 11) is 0. The van der Waals surface area contributed by atoms with Crippen molar-refractivity contribution in [3.05, 3.63) is 106 Å². The Balaban J connectivity index is 1.67. The summed E-state index contributed by atoms with van der Waals surface area (Å²) in [5.41, 5.74) is 3.11. The summed E-state index contributed by atoms with van der Waals surface area (Å²) in [6.45, 7) is 6.62. The largest absolute Gasteiger partial charge is 0.490 e. The first-order valence-electron chi connectivity index (χ1n) is 11.2. The quantitative estimate of drug-likeness (QED) is 0.159. The summed E-state index contributed by atoms with van der Waals surface area (Å²) >= 11 is 12.5. The predicted octanol–water partition coefficient (Wildman–Crippen LogP) is 7.59. The SMILES string of the molecule is C=CCc1cc(C=C2SC(=S)N(c3ccc(F)c(Cl)c3)C2=O)cc(OCC)c1OCc1ccccc1. The number of nitrogens with zero attached hydrogens (tertiary/aromatic N) is 1. The van der Waals surface area contributed by atoms with E-state index in [0.717, 1.165) is 16.7 Å². The van der Waals surface area contributed by atoms with Gasteiger partial charge in [-0.25, -0.2) is 4.39 Å². The van der Waals surface area contributed by atoms with Crippen molar-refractivity contribution >= 4 is 57.6 Å². The third-order valence-corrected chi connectivity index (χ3v) is 6.89. The van der Waals surface area contributed by atoms with Gasteiger partial charge in [-0.1, -0.05) is 72.0 Å². The molecule has 1 aliphatic heterocycles. The van der Waals surface area contributed by atoms with Crippen LogP contribution in [0, 0.1) is 5.82 Å². The molecule has 0 bridgehead atoms. The zero-order chi connectivity index (χ0) is 25.7. The molecule has 1 amide bonds. The maximum absolute atomic E-state index is 13.6. The van der Waals surface area contributed by atoms with Gasteiger partial charge in [-0.3, -0.25) is 9.69 Å². The summed E-state index contributed by atoms with van der Waals surface area (Å²) < 4.78 is 26.1. The predicted molar refractivity (Wildman–Crippen MR) is 149 cm³/mol. The van der Waals surface area contributed by atoms with E-state index < -0.39 is 5.82 Å². The number of hydrogen-bond acceptors (Lipinski definition) is 5. The molecule has 0 radical (unpaired) electrons.